The molecule has 2 aromatic rings. The van der Waals surface area contributed by atoms with Gasteiger partial charge in [0, 0.05) is 5.88 Å². The van der Waals surface area contributed by atoms with Crippen LogP contribution in [0.1, 0.15) is 17.5 Å². The molecule has 0 aliphatic heterocycles. The molecule has 0 atom stereocenters. The molecule has 21 heavy (non-hydrogen) atoms. The summed E-state index contributed by atoms with van der Waals surface area (Å²) in [5.41, 5.74) is 2.21. The first kappa shape index (κ1) is 16.0. The Bertz CT molecular complexity index is 571. The van der Waals surface area contributed by atoms with E-state index in [1.54, 1.807) is 7.11 Å². The molecule has 0 bridgehead atoms. The van der Waals surface area contributed by atoms with E-state index in [9.17, 15) is 0 Å². The molecule has 0 saturated heterocycles. The highest BCUT2D eigenvalue weighted by Gasteiger charge is 2.11. The lowest BCUT2D eigenvalue weighted by Crippen LogP contribution is -2.02. The van der Waals surface area contributed by atoms with E-state index >= 15 is 0 Å². The molecule has 2 rings (SSSR count). The molecule has 0 radical (unpaired) electrons. The molecule has 0 N–H and O–H groups in total. The van der Waals surface area contributed by atoms with Gasteiger partial charge in [0.05, 0.1) is 18.7 Å². The van der Waals surface area contributed by atoms with Gasteiger partial charge < -0.3 is 9.47 Å². The minimum atomic E-state index is 0.393. The largest absolute Gasteiger partial charge is 0.493 e. The van der Waals surface area contributed by atoms with Crippen molar-refractivity contribution in [3.8, 4) is 11.5 Å². The van der Waals surface area contributed by atoms with Crippen LogP contribution >= 0.6 is 23.2 Å². The van der Waals surface area contributed by atoms with Crippen LogP contribution < -0.4 is 9.47 Å². The minimum Gasteiger partial charge on any atom is -0.493 e. The Hall–Kier alpha value is -1.38. The highest BCUT2D eigenvalue weighted by molar-refractivity contribution is 6.32. The Kier molecular flexibility index (Phi) is 6.21. The second-order valence-electron chi connectivity index (χ2n) is 4.68. The van der Waals surface area contributed by atoms with Crippen molar-refractivity contribution in [2.75, 3.05) is 13.7 Å². The third kappa shape index (κ3) is 4.55. The number of benzene rings is 2. The number of rotatable bonds is 7. The third-order valence-corrected chi connectivity index (χ3v) is 3.73. The van der Waals surface area contributed by atoms with Gasteiger partial charge in [0.1, 0.15) is 0 Å². The highest BCUT2D eigenvalue weighted by Crippen LogP contribution is 2.36. The fourth-order valence-corrected chi connectivity index (χ4v) is 2.53. The van der Waals surface area contributed by atoms with Gasteiger partial charge in [0.15, 0.2) is 11.5 Å². The first-order valence-corrected chi connectivity index (χ1v) is 7.75. The number of alkyl halides is 1. The van der Waals surface area contributed by atoms with Crippen molar-refractivity contribution < 1.29 is 9.47 Å². The predicted molar refractivity (Wildman–Crippen MR) is 87.8 cm³/mol. The molecule has 0 aliphatic carbocycles. The number of hydrogen-bond donors (Lipinski definition) is 0. The lowest BCUT2D eigenvalue weighted by atomic mass is 10.1. The second-order valence-corrected chi connectivity index (χ2v) is 5.35. The molecule has 2 nitrogen and oxygen atoms in total. The van der Waals surface area contributed by atoms with Gasteiger partial charge >= 0.3 is 0 Å². The highest BCUT2D eigenvalue weighted by atomic mass is 35.5. The van der Waals surface area contributed by atoms with E-state index in [2.05, 4.69) is 12.1 Å². The molecular weight excluding hydrogens is 307 g/mol. The van der Waals surface area contributed by atoms with Crippen LogP contribution in [0.4, 0.5) is 0 Å². The number of hydrogen-bond acceptors (Lipinski definition) is 2. The maximum Gasteiger partial charge on any atom is 0.179 e. The summed E-state index contributed by atoms with van der Waals surface area (Å²) in [6.45, 7) is 0.588. The van der Waals surface area contributed by atoms with Crippen molar-refractivity contribution in [2.24, 2.45) is 0 Å². The van der Waals surface area contributed by atoms with Gasteiger partial charge in [-0.15, -0.1) is 11.6 Å². The Balaban J connectivity index is 1.93. The number of ether oxygens (including phenoxy) is 2. The SMILES string of the molecule is COc1cc(CCl)cc(Cl)c1OCCCc1ccccc1. The summed E-state index contributed by atoms with van der Waals surface area (Å²) in [5.74, 6) is 1.60. The van der Waals surface area contributed by atoms with E-state index in [1.807, 2.05) is 30.3 Å². The van der Waals surface area contributed by atoms with Crippen LogP contribution in [0.15, 0.2) is 42.5 Å². The summed E-state index contributed by atoms with van der Waals surface area (Å²) in [4.78, 5) is 0. The molecule has 0 saturated carbocycles. The molecule has 0 amide bonds. The van der Waals surface area contributed by atoms with E-state index < -0.39 is 0 Å². The maximum atomic E-state index is 6.22. The molecule has 112 valence electrons. The Labute approximate surface area is 135 Å². The van der Waals surface area contributed by atoms with Gasteiger partial charge in [-0.1, -0.05) is 41.9 Å². The lowest BCUT2D eigenvalue weighted by molar-refractivity contribution is 0.289. The fraction of sp³-hybridized carbons (Fsp3) is 0.294. The van der Waals surface area contributed by atoms with Gasteiger partial charge in [-0.2, -0.15) is 0 Å². The van der Waals surface area contributed by atoms with E-state index in [-0.39, 0.29) is 0 Å². The standard InChI is InChI=1S/C17H18Cl2O2/c1-20-16-11-14(12-18)10-15(19)17(16)21-9-5-8-13-6-3-2-4-7-13/h2-4,6-7,10-11H,5,8-9,12H2,1H3. The summed E-state index contributed by atoms with van der Waals surface area (Å²) in [5, 5.41) is 0.532. The van der Waals surface area contributed by atoms with Crippen LogP contribution in [0.25, 0.3) is 0 Å². The first-order chi connectivity index (χ1) is 10.2. The Morgan fingerprint density at radius 3 is 2.48 bits per heavy atom. The molecule has 0 heterocycles. The maximum absolute atomic E-state index is 6.22. The van der Waals surface area contributed by atoms with E-state index in [0.717, 1.165) is 18.4 Å². The summed E-state index contributed by atoms with van der Waals surface area (Å²) >= 11 is 12.0. The quantitative estimate of drug-likeness (QED) is 0.521. The Morgan fingerprint density at radius 1 is 1.05 bits per heavy atom. The van der Waals surface area contributed by atoms with Gasteiger partial charge in [-0.05, 0) is 36.1 Å². The zero-order chi connectivity index (χ0) is 15.1. The van der Waals surface area contributed by atoms with Crippen molar-refractivity contribution in [1.29, 1.82) is 0 Å². The van der Waals surface area contributed by atoms with E-state index in [1.165, 1.54) is 5.56 Å². The van der Waals surface area contributed by atoms with E-state index in [0.29, 0.717) is 29.0 Å². The molecule has 2 aromatic carbocycles. The molecule has 0 aliphatic rings. The van der Waals surface area contributed by atoms with Crippen LogP contribution in [0.2, 0.25) is 5.02 Å². The van der Waals surface area contributed by atoms with Crippen LogP contribution in [0, 0.1) is 0 Å². The normalized spacial score (nSPS) is 10.4. The smallest absolute Gasteiger partial charge is 0.179 e. The van der Waals surface area contributed by atoms with Crippen molar-refractivity contribution in [3.05, 3.63) is 58.6 Å². The van der Waals surface area contributed by atoms with Crippen molar-refractivity contribution in [1.82, 2.24) is 0 Å². The van der Waals surface area contributed by atoms with Crippen molar-refractivity contribution >= 4 is 23.2 Å². The summed E-state index contributed by atoms with van der Waals surface area (Å²) in [7, 11) is 1.60. The second kappa shape index (κ2) is 8.16. The average Bonchev–Trinajstić information content (AvgIpc) is 2.53. The van der Waals surface area contributed by atoms with Gasteiger partial charge in [-0.3, -0.25) is 0 Å². The van der Waals surface area contributed by atoms with Crippen LogP contribution in [0.5, 0.6) is 11.5 Å². The van der Waals surface area contributed by atoms with Crippen LogP contribution in [-0.4, -0.2) is 13.7 Å². The molecule has 0 unspecified atom stereocenters. The lowest BCUT2D eigenvalue weighted by Gasteiger charge is -2.13. The summed E-state index contributed by atoms with van der Waals surface area (Å²) < 4.78 is 11.1. The summed E-state index contributed by atoms with van der Waals surface area (Å²) in [6.07, 6.45) is 1.89. The molecule has 4 heteroatoms. The van der Waals surface area contributed by atoms with Gasteiger partial charge in [-0.25, -0.2) is 0 Å². The molecule has 0 fully saturated rings. The predicted octanol–water partition coefficient (Wildman–Crippen LogP) is 5.10. The first-order valence-electron chi connectivity index (χ1n) is 6.83. The molecular formula is C17H18Cl2O2. The Morgan fingerprint density at radius 2 is 1.81 bits per heavy atom. The molecule has 0 aromatic heterocycles. The zero-order valence-electron chi connectivity index (χ0n) is 11.9. The van der Waals surface area contributed by atoms with Gasteiger partial charge in [0.25, 0.3) is 0 Å². The topological polar surface area (TPSA) is 18.5 Å². The van der Waals surface area contributed by atoms with Crippen LogP contribution in [0.3, 0.4) is 0 Å². The average molecular weight is 325 g/mol. The summed E-state index contributed by atoms with van der Waals surface area (Å²) in [6, 6.07) is 14.0. The van der Waals surface area contributed by atoms with Crippen LogP contribution in [-0.2, 0) is 12.3 Å². The fourth-order valence-electron chi connectivity index (χ4n) is 2.09. The minimum absolute atomic E-state index is 0.393. The van der Waals surface area contributed by atoms with E-state index in [4.69, 9.17) is 32.7 Å². The number of aryl methyl sites for hydroxylation is 1. The van der Waals surface area contributed by atoms with Crippen molar-refractivity contribution in [3.63, 3.8) is 0 Å². The number of halogens is 2. The monoisotopic (exact) mass is 324 g/mol. The zero-order valence-corrected chi connectivity index (χ0v) is 13.5. The van der Waals surface area contributed by atoms with Gasteiger partial charge in [0.2, 0.25) is 0 Å². The van der Waals surface area contributed by atoms with Crippen molar-refractivity contribution in [2.45, 2.75) is 18.7 Å². The molecule has 0 spiro atoms. The number of methoxy groups -OCH3 is 1. The third-order valence-electron chi connectivity index (χ3n) is 3.14.